The van der Waals surface area contributed by atoms with Gasteiger partial charge in [0, 0.05) is 35.6 Å². The van der Waals surface area contributed by atoms with Crippen LogP contribution in [0.3, 0.4) is 0 Å². The lowest BCUT2D eigenvalue weighted by molar-refractivity contribution is -0.179. The highest BCUT2D eigenvalue weighted by Gasteiger charge is 2.82. The number of carbonyl (C=O) groups excluding carboxylic acids is 1. The van der Waals surface area contributed by atoms with Crippen molar-refractivity contribution in [2.24, 2.45) is 11.3 Å². The van der Waals surface area contributed by atoms with Crippen molar-refractivity contribution in [3.63, 3.8) is 0 Å². The number of para-hydroxylation sites is 1. The van der Waals surface area contributed by atoms with Gasteiger partial charge in [-0.05, 0) is 31.4 Å². The van der Waals surface area contributed by atoms with Gasteiger partial charge in [-0.25, -0.2) is 0 Å². The summed E-state index contributed by atoms with van der Waals surface area (Å²) in [5.41, 5.74) is 2.34. The second kappa shape index (κ2) is 4.52. The zero-order chi connectivity index (χ0) is 17.8. The zero-order valence-corrected chi connectivity index (χ0v) is 15.1. The van der Waals surface area contributed by atoms with E-state index in [0.717, 1.165) is 25.1 Å². The smallest absolute Gasteiger partial charge is 0.316 e. The predicted octanol–water partition coefficient (Wildman–Crippen LogP) is 1.68. The van der Waals surface area contributed by atoms with Crippen LogP contribution in [0.4, 0.5) is 5.69 Å². The van der Waals surface area contributed by atoms with E-state index in [2.05, 4.69) is 35.3 Å². The van der Waals surface area contributed by atoms with Gasteiger partial charge in [0.05, 0.1) is 19.3 Å². The highest BCUT2D eigenvalue weighted by atomic mass is 16.5. The van der Waals surface area contributed by atoms with Crippen LogP contribution in [0.5, 0.6) is 0 Å². The number of piperidine rings is 4. The van der Waals surface area contributed by atoms with Crippen molar-refractivity contribution in [3.8, 4) is 0 Å². The fourth-order valence-corrected chi connectivity index (χ4v) is 7.49. The van der Waals surface area contributed by atoms with Crippen LogP contribution in [-0.2, 0) is 14.9 Å². The van der Waals surface area contributed by atoms with Gasteiger partial charge in [0.2, 0.25) is 0 Å². The highest BCUT2D eigenvalue weighted by Crippen LogP contribution is 2.71. The molecule has 1 aliphatic carbocycles. The fraction of sp³-hybridized carbons (Fsp3) is 0.571. The maximum atomic E-state index is 13.2. The number of carbonyl (C=O) groups is 1. The Morgan fingerprint density at radius 1 is 1.42 bits per heavy atom. The summed E-state index contributed by atoms with van der Waals surface area (Å²) in [5, 5.41) is 15.6. The minimum atomic E-state index is -0.848. The van der Waals surface area contributed by atoms with Crippen molar-refractivity contribution >= 4 is 11.7 Å². The van der Waals surface area contributed by atoms with E-state index in [9.17, 15) is 9.90 Å². The van der Waals surface area contributed by atoms with E-state index in [4.69, 9.17) is 4.74 Å². The molecule has 5 aliphatic heterocycles. The number of anilines is 1. The van der Waals surface area contributed by atoms with Crippen molar-refractivity contribution in [1.82, 2.24) is 4.90 Å². The molecule has 5 bridgehead atoms. The SMILES string of the molecule is C/C=C1/CN2[C@H]3C[C@@H]1C1(C(=O)OC)[C@H]2C[C@]2(c4ccccc4NC32)[C@H]1O. The molecule has 1 spiro atoms. The average Bonchev–Trinajstić information content (AvgIpc) is 3.13. The molecule has 1 saturated carbocycles. The number of ether oxygens (including phenoxy) is 1. The third kappa shape index (κ3) is 1.28. The molecular formula is C21H24N2O3. The first-order chi connectivity index (χ1) is 12.6. The molecule has 2 N–H and O–H groups in total. The molecule has 8 atom stereocenters. The van der Waals surface area contributed by atoms with E-state index in [-0.39, 0.29) is 24.0 Å². The summed E-state index contributed by atoms with van der Waals surface area (Å²) in [5.74, 6) is -0.154. The molecule has 26 heavy (non-hydrogen) atoms. The van der Waals surface area contributed by atoms with Crippen LogP contribution in [-0.4, -0.2) is 53.9 Å². The summed E-state index contributed by atoms with van der Waals surface area (Å²) in [6.45, 7) is 2.96. The summed E-state index contributed by atoms with van der Waals surface area (Å²) in [6.07, 6.45) is 3.15. The van der Waals surface area contributed by atoms with Crippen LogP contribution in [0.1, 0.15) is 25.3 Å². The van der Waals surface area contributed by atoms with Gasteiger partial charge >= 0.3 is 5.97 Å². The molecule has 0 amide bonds. The predicted molar refractivity (Wildman–Crippen MR) is 96.7 cm³/mol. The Hall–Kier alpha value is -1.85. The van der Waals surface area contributed by atoms with E-state index in [1.807, 2.05) is 12.1 Å². The van der Waals surface area contributed by atoms with Crippen LogP contribution in [0.2, 0.25) is 0 Å². The lowest BCUT2D eigenvalue weighted by Crippen LogP contribution is -2.71. The molecule has 5 heteroatoms. The molecule has 5 nitrogen and oxygen atoms in total. The van der Waals surface area contributed by atoms with Gasteiger partial charge < -0.3 is 15.2 Å². The number of nitrogens with zero attached hydrogens (tertiary/aromatic N) is 1. The molecule has 5 fully saturated rings. The molecule has 0 radical (unpaired) electrons. The number of hydrogen-bond acceptors (Lipinski definition) is 5. The van der Waals surface area contributed by atoms with E-state index in [1.54, 1.807) is 0 Å². The standard InChI is InChI=1S/C21H24N2O3/c1-3-11-10-23-15-8-13(11)21(19(25)26-2)16(23)9-20(18(21)24)12-6-4-5-7-14(12)22-17(15)20/h3-7,13,15-18,22,24H,8-10H2,1-2H3/b11-3-/t13-,15-,16+,17?,18+,20+,21?/m0/s1. The first kappa shape index (κ1) is 15.2. The van der Waals surface area contributed by atoms with Gasteiger partial charge in [-0.3, -0.25) is 9.69 Å². The Balaban J connectivity index is 1.65. The molecule has 5 heterocycles. The number of hydrogen-bond donors (Lipinski definition) is 2. The largest absolute Gasteiger partial charge is 0.468 e. The molecule has 136 valence electrons. The normalized spacial score (nSPS) is 50.5. The molecule has 3 unspecified atom stereocenters. The van der Waals surface area contributed by atoms with Crippen LogP contribution < -0.4 is 5.32 Å². The van der Waals surface area contributed by atoms with Crippen LogP contribution in [0, 0.1) is 11.3 Å². The maximum Gasteiger partial charge on any atom is 0.316 e. The van der Waals surface area contributed by atoms with Crippen LogP contribution >= 0.6 is 0 Å². The Morgan fingerprint density at radius 3 is 3.00 bits per heavy atom. The van der Waals surface area contributed by atoms with Crippen LogP contribution in [0.25, 0.3) is 0 Å². The number of fused-ring (bicyclic) bond motifs is 2. The Kier molecular flexibility index (Phi) is 2.65. The number of nitrogens with one attached hydrogen (secondary N) is 1. The summed E-state index contributed by atoms with van der Waals surface area (Å²) in [7, 11) is 1.46. The monoisotopic (exact) mass is 352 g/mol. The quantitative estimate of drug-likeness (QED) is 0.595. The van der Waals surface area contributed by atoms with Crippen molar-refractivity contribution in [1.29, 1.82) is 0 Å². The molecule has 1 aromatic carbocycles. The summed E-state index contributed by atoms with van der Waals surface area (Å²) < 4.78 is 5.34. The molecular weight excluding hydrogens is 328 g/mol. The van der Waals surface area contributed by atoms with E-state index in [1.165, 1.54) is 18.2 Å². The van der Waals surface area contributed by atoms with Crippen molar-refractivity contribution in [2.45, 2.75) is 49.4 Å². The number of rotatable bonds is 1. The number of esters is 1. The van der Waals surface area contributed by atoms with Crippen LogP contribution in [0.15, 0.2) is 35.9 Å². The number of allylic oxidation sites excluding steroid dienone is 1. The van der Waals surface area contributed by atoms with Gasteiger partial charge in [0.25, 0.3) is 0 Å². The van der Waals surface area contributed by atoms with E-state index in [0.29, 0.717) is 6.04 Å². The highest BCUT2D eigenvalue weighted by molar-refractivity contribution is 5.84. The first-order valence-electron chi connectivity index (χ1n) is 9.64. The molecule has 4 saturated heterocycles. The van der Waals surface area contributed by atoms with Gasteiger partial charge in [-0.2, -0.15) is 0 Å². The molecule has 6 aliphatic rings. The van der Waals surface area contributed by atoms with E-state index >= 15 is 0 Å². The molecule has 0 aromatic heterocycles. The van der Waals surface area contributed by atoms with Crippen molar-refractivity contribution in [3.05, 3.63) is 41.5 Å². The van der Waals surface area contributed by atoms with Gasteiger partial charge in [0.1, 0.15) is 5.41 Å². The molecule has 7 rings (SSSR count). The Bertz CT molecular complexity index is 867. The maximum absolute atomic E-state index is 13.2. The van der Waals surface area contributed by atoms with Gasteiger partial charge in [0.15, 0.2) is 0 Å². The lowest BCUT2D eigenvalue weighted by Gasteiger charge is -2.60. The van der Waals surface area contributed by atoms with Gasteiger partial charge in [-0.15, -0.1) is 0 Å². The van der Waals surface area contributed by atoms with E-state index < -0.39 is 16.9 Å². The van der Waals surface area contributed by atoms with Crippen molar-refractivity contribution in [2.75, 3.05) is 19.0 Å². The second-order valence-corrected chi connectivity index (χ2v) is 8.65. The number of benzene rings is 1. The Labute approximate surface area is 153 Å². The third-order valence-electron chi connectivity index (χ3n) is 8.30. The minimum absolute atomic E-state index is 0.0570. The minimum Gasteiger partial charge on any atom is -0.468 e. The van der Waals surface area contributed by atoms with Crippen molar-refractivity contribution < 1.29 is 14.6 Å². The first-order valence-corrected chi connectivity index (χ1v) is 9.64. The lowest BCUT2D eigenvalue weighted by atomic mass is 9.58. The summed E-state index contributed by atoms with van der Waals surface area (Å²) in [6, 6.07) is 8.89. The second-order valence-electron chi connectivity index (χ2n) is 8.65. The number of aliphatic hydroxyl groups is 1. The zero-order valence-electron chi connectivity index (χ0n) is 15.1. The fourth-order valence-electron chi connectivity index (χ4n) is 7.49. The van der Waals surface area contributed by atoms with Gasteiger partial charge in [-0.1, -0.05) is 29.8 Å². The third-order valence-corrected chi connectivity index (χ3v) is 8.30. The summed E-state index contributed by atoms with van der Waals surface area (Å²) in [4.78, 5) is 15.7. The topological polar surface area (TPSA) is 61.8 Å². The number of methoxy groups -OCH3 is 1. The summed E-state index contributed by atoms with van der Waals surface area (Å²) >= 11 is 0. The average molecular weight is 352 g/mol. The molecule has 1 aromatic rings. The number of aliphatic hydroxyl groups excluding tert-OH is 1. The Morgan fingerprint density at radius 2 is 2.23 bits per heavy atom.